The van der Waals surface area contributed by atoms with E-state index in [-0.39, 0.29) is 38.8 Å². The van der Waals surface area contributed by atoms with E-state index in [1.807, 2.05) is 38.2 Å². The molecule has 5 rings (SSSR count). The minimum Gasteiger partial charge on any atom is -0.505 e. The second kappa shape index (κ2) is 8.96. The molecule has 0 spiro atoms. The van der Waals surface area contributed by atoms with Crippen LogP contribution < -0.4 is 10.9 Å². The molecule has 1 amide bonds. The van der Waals surface area contributed by atoms with Crippen molar-refractivity contribution in [1.82, 2.24) is 19.3 Å². The molecule has 0 aliphatic heterocycles. The smallest absolute Gasteiger partial charge is 0.263 e. The number of carbonyl (C=O) groups excluding carboxylic acids is 1. The van der Waals surface area contributed by atoms with Crippen molar-refractivity contribution in [3.05, 3.63) is 91.6 Å². The Morgan fingerprint density at radius 1 is 1.08 bits per heavy atom. The van der Waals surface area contributed by atoms with Gasteiger partial charge < -0.3 is 10.4 Å². The highest BCUT2D eigenvalue weighted by Crippen LogP contribution is 2.33. The van der Waals surface area contributed by atoms with Crippen LogP contribution in [0.5, 0.6) is 5.75 Å². The minimum absolute atomic E-state index is 0.0522. The number of amides is 1. The number of anilines is 1. The van der Waals surface area contributed by atoms with Gasteiger partial charge >= 0.3 is 0 Å². The molecule has 8 nitrogen and oxygen atoms in total. The third kappa shape index (κ3) is 3.98. The lowest BCUT2D eigenvalue weighted by Crippen LogP contribution is -2.26. The summed E-state index contributed by atoms with van der Waals surface area (Å²) >= 11 is 12.0. The van der Waals surface area contributed by atoms with E-state index in [0.29, 0.717) is 17.0 Å². The fraction of sp³-hybridized carbons (Fsp3) is 0.154. The monoisotopic (exact) mass is 521 g/mol. The summed E-state index contributed by atoms with van der Waals surface area (Å²) in [5.41, 5.74) is 3.14. The Hall–Kier alpha value is -3.88. The zero-order valence-electron chi connectivity index (χ0n) is 19.6. The molecule has 0 unspecified atom stereocenters. The van der Waals surface area contributed by atoms with Gasteiger partial charge in [0.05, 0.1) is 44.4 Å². The third-order valence-electron chi connectivity index (χ3n) is 6.17. The molecule has 0 aliphatic carbocycles. The highest BCUT2D eigenvalue weighted by atomic mass is 35.5. The van der Waals surface area contributed by atoms with Crippen molar-refractivity contribution >= 4 is 56.6 Å². The number of carbonyl (C=O) groups is 1. The first kappa shape index (κ1) is 23.8. The number of hydrogen-bond acceptors (Lipinski definition) is 5. The van der Waals surface area contributed by atoms with E-state index < -0.39 is 5.91 Å². The molecule has 2 N–H and O–H groups in total. The van der Waals surface area contributed by atoms with Gasteiger partial charge in [0.25, 0.3) is 11.5 Å². The summed E-state index contributed by atoms with van der Waals surface area (Å²) in [5.74, 6) is -0.308. The summed E-state index contributed by atoms with van der Waals surface area (Å²) in [6, 6.07) is 13.9. The predicted octanol–water partition coefficient (Wildman–Crippen LogP) is 5.21. The van der Waals surface area contributed by atoms with E-state index >= 15 is 0 Å². The average molecular weight is 522 g/mol. The molecule has 2 heterocycles. The van der Waals surface area contributed by atoms with Crippen LogP contribution in [0, 0.1) is 13.8 Å². The van der Waals surface area contributed by atoms with Gasteiger partial charge in [-0.3, -0.25) is 18.8 Å². The second-order valence-electron chi connectivity index (χ2n) is 8.53. The quantitative estimate of drug-likeness (QED) is 0.337. The largest absolute Gasteiger partial charge is 0.505 e. The average Bonchev–Trinajstić information content (AvgIpc) is 3.17. The first-order chi connectivity index (χ1) is 17.2. The SMILES string of the molecule is Cc1ccc(NC(=O)c2cc(Cl)c(O)c(Cl)c2)c2c(=O)n(Cc3nn(C)c4ccccc34)c(C)nc12. The summed E-state index contributed by atoms with van der Waals surface area (Å²) in [7, 11) is 1.86. The number of nitrogens with one attached hydrogen (secondary N) is 1. The molecule has 5 aromatic rings. The van der Waals surface area contributed by atoms with Crippen LogP contribution in [0.3, 0.4) is 0 Å². The number of halogens is 2. The molecule has 182 valence electrons. The lowest BCUT2D eigenvalue weighted by molar-refractivity contribution is 0.102. The van der Waals surface area contributed by atoms with E-state index in [1.165, 1.54) is 12.1 Å². The highest BCUT2D eigenvalue weighted by Gasteiger charge is 2.19. The van der Waals surface area contributed by atoms with Crippen LogP contribution in [0.2, 0.25) is 10.0 Å². The molecule has 0 atom stereocenters. The van der Waals surface area contributed by atoms with Crippen molar-refractivity contribution in [2.75, 3.05) is 5.32 Å². The molecule has 10 heteroatoms. The fourth-order valence-electron chi connectivity index (χ4n) is 4.30. The maximum atomic E-state index is 13.8. The lowest BCUT2D eigenvalue weighted by atomic mass is 10.1. The van der Waals surface area contributed by atoms with E-state index in [0.717, 1.165) is 22.2 Å². The van der Waals surface area contributed by atoms with Crippen LogP contribution in [-0.4, -0.2) is 30.3 Å². The van der Waals surface area contributed by atoms with Crippen LogP contribution >= 0.6 is 23.2 Å². The standard InChI is InChI=1S/C26H21Cl2N5O3/c1-13-8-9-19(30-25(35)15-10-17(27)24(34)18(28)11-15)22-23(13)29-14(2)33(26(22)36)12-20-16-6-4-5-7-21(16)32(3)31-20/h4-11,34H,12H2,1-3H3,(H,30,35). The third-order valence-corrected chi connectivity index (χ3v) is 6.75. The Morgan fingerprint density at radius 2 is 1.78 bits per heavy atom. The molecule has 0 radical (unpaired) electrons. The number of para-hydroxylation sites is 1. The Labute approximate surface area is 215 Å². The van der Waals surface area contributed by atoms with Gasteiger partial charge in [0.1, 0.15) is 5.82 Å². The van der Waals surface area contributed by atoms with E-state index in [1.54, 1.807) is 28.3 Å². The van der Waals surface area contributed by atoms with Gasteiger partial charge in [-0.15, -0.1) is 0 Å². The Kier molecular flexibility index (Phi) is 5.94. The summed E-state index contributed by atoms with van der Waals surface area (Å²) in [6.45, 7) is 3.85. The van der Waals surface area contributed by atoms with Gasteiger partial charge in [-0.2, -0.15) is 5.10 Å². The number of nitrogens with zero attached hydrogens (tertiary/aromatic N) is 4. The molecular weight excluding hydrogens is 501 g/mol. The van der Waals surface area contributed by atoms with Gasteiger partial charge in [-0.05, 0) is 43.7 Å². The zero-order valence-corrected chi connectivity index (χ0v) is 21.1. The first-order valence-corrected chi connectivity index (χ1v) is 11.8. The highest BCUT2D eigenvalue weighted by molar-refractivity contribution is 6.37. The summed E-state index contributed by atoms with van der Waals surface area (Å²) in [4.78, 5) is 31.5. The number of fused-ring (bicyclic) bond motifs is 2. The number of rotatable bonds is 4. The van der Waals surface area contributed by atoms with E-state index in [4.69, 9.17) is 28.2 Å². The maximum absolute atomic E-state index is 13.8. The number of benzene rings is 3. The van der Waals surface area contributed by atoms with Crippen LogP contribution in [0.4, 0.5) is 5.69 Å². The lowest BCUT2D eigenvalue weighted by Gasteiger charge is -2.15. The van der Waals surface area contributed by atoms with Gasteiger partial charge in [-0.25, -0.2) is 4.98 Å². The van der Waals surface area contributed by atoms with Gasteiger partial charge in [0, 0.05) is 18.0 Å². The van der Waals surface area contributed by atoms with Crippen molar-refractivity contribution < 1.29 is 9.90 Å². The van der Waals surface area contributed by atoms with Crippen LogP contribution in [0.1, 0.15) is 27.4 Å². The van der Waals surface area contributed by atoms with Crippen LogP contribution in [-0.2, 0) is 13.6 Å². The Bertz CT molecular complexity index is 1730. The fourth-order valence-corrected chi connectivity index (χ4v) is 4.78. The first-order valence-electron chi connectivity index (χ1n) is 11.1. The number of phenolic OH excluding ortho intramolecular Hbond substituents is 1. The van der Waals surface area contributed by atoms with Crippen molar-refractivity contribution in [3.8, 4) is 5.75 Å². The molecule has 0 saturated carbocycles. The molecule has 0 fully saturated rings. The molecule has 0 bridgehead atoms. The van der Waals surface area contributed by atoms with Crippen LogP contribution in [0.15, 0.2) is 53.3 Å². The molecule has 0 aliphatic rings. The number of aryl methyl sites for hydroxylation is 3. The molecule has 2 aromatic heterocycles. The normalized spacial score (nSPS) is 11.4. The van der Waals surface area contributed by atoms with E-state index in [9.17, 15) is 14.7 Å². The number of hydrogen-bond donors (Lipinski definition) is 2. The number of aromatic nitrogens is 4. The zero-order chi connectivity index (χ0) is 25.7. The summed E-state index contributed by atoms with van der Waals surface area (Å²) in [5, 5.41) is 18.3. The van der Waals surface area contributed by atoms with Crippen LogP contribution in [0.25, 0.3) is 21.8 Å². The second-order valence-corrected chi connectivity index (χ2v) is 9.35. The molecule has 0 saturated heterocycles. The molecule has 36 heavy (non-hydrogen) atoms. The molecular formula is C26H21Cl2N5O3. The minimum atomic E-state index is -0.536. The Balaban J connectivity index is 1.62. The summed E-state index contributed by atoms with van der Waals surface area (Å²) in [6.07, 6.45) is 0. The Morgan fingerprint density at radius 3 is 2.50 bits per heavy atom. The van der Waals surface area contributed by atoms with Crippen molar-refractivity contribution in [1.29, 1.82) is 0 Å². The summed E-state index contributed by atoms with van der Waals surface area (Å²) < 4.78 is 3.34. The number of aromatic hydroxyl groups is 1. The van der Waals surface area contributed by atoms with E-state index in [2.05, 4.69) is 10.4 Å². The number of phenols is 1. The predicted molar refractivity (Wildman–Crippen MR) is 141 cm³/mol. The molecule has 3 aromatic carbocycles. The van der Waals surface area contributed by atoms with Gasteiger partial charge in [-0.1, -0.05) is 47.5 Å². The van der Waals surface area contributed by atoms with Gasteiger partial charge in [0.2, 0.25) is 0 Å². The maximum Gasteiger partial charge on any atom is 0.263 e. The van der Waals surface area contributed by atoms with Gasteiger partial charge in [0.15, 0.2) is 5.75 Å². The van der Waals surface area contributed by atoms with Crippen molar-refractivity contribution in [2.45, 2.75) is 20.4 Å². The van der Waals surface area contributed by atoms with Crippen molar-refractivity contribution in [3.63, 3.8) is 0 Å². The van der Waals surface area contributed by atoms with Crippen molar-refractivity contribution in [2.24, 2.45) is 7.05 Å². The topological polar surface area (TPSA) is 102 Å².